The summed E-state index contributed by atoms with van der Waals surface area (Å²) in [6.07, 6.45) is 8.00. The Balaban J connectivity index is 2.00. The van der Waals surface area contributed by atoms with Crippen LogP contribution in [-0.2, 0) is 0 Å². The van der Waals surface area contributed by atoms with E-state index in [1.807, 2.05) is 6.07 Å². The third-order valence-corrected chi connectivity index (χ3v) is 4.11. The monoisotopic (exact) mass is 290 g/mol. The molecule has 0 aliphatic heterocycles. The maximum absolute atomic E-state index is 4.66. The molecule has 0 radical (unpaired) electrons. The van der Waals surface area contributed by atoms with Crippen molar-refractivity contribution in [3.63, 3.8) is 0 Å². The van der Waals surface area contributed by atoms with Gasteiger partial charge in [0.05, 0.1) is 0 Å². The molecule has 0 amide bonds. The van der Waals surface area contributed by atoms with Crippen LogP contribution in [0.15, 0.2) is 6.07 Å². The summed E-state index contributed by atoms with van der Waals surface area (Å²) in [5.41, 5.74) is 0. The van der Waals surface area contributed by atoms with E-state index in [1.165, 1.54) is 32.1 Å². The normalized spacial score (nSPS) is 16.2. The molecule has 1 saturated carbocycles. The Kier molecular flexibility index (Phi) is 6.27. The van der Waals surface area contributed by atoms with Gasteiger partial charge in [0.2, 0.25) is 0 Å². The Bertz CT molecular complexity index is 425. The van der Waals surface area contributed by atoms with E-state index in [0.717, 1.165) is 42.9 Å². The number of rotatable bonds is 7. The van der Waals surface area contributed by atoms with Crippen LogP contribution in [0.1, 0.15) is 71.0 Å². The lowest BCUT2D eigenvalue weighted by Crippen LogP contribution is -2.18. The molecule has 1 aliphatic rings. The Labute approximate surface area is 129 Å². The van der Waals surface area contributed by atoms with Gasteiger partial charge in [-0.1, -0.05) is 40.0 Å². The van der Waals surface area contributed by atoms with E-state index in [4.69, 9.17) is 0 Å². The van der Waals surface area contributed by atoms with Crippen LogP contribution in [0.5, 0.6) is 0 Å². The third kappa shape index (κ3) is 5.18. The van der Waals surface area contributed by atoms with Gasteiger partial charge in [-0.15, -0.1) is 0 Å². The summed E-state index contributed by atoms with van der Waals surface area (Å²) in [5, 5.41) is 6.91. The van der Waals surface area contributed by atoms with Gasteiger partial charge in [0, 0.05) is 25.1 Å². The van der Waals surface area contributed by atoms with Gasteiger partial charge in [-0.2, -0.15) is 0 Å². The first-order valence-electron chi connectivity index (χ1n) is 8.55. The zero-order valence-corrected chi connectivity index (χ0v) is 13.8. The highest BCUT2D eigenvalue weighted by Gasteiger charge is 2.14. The molecule has 1 aliphatic carbocycles. The maximum atomic E-state index is 4.66. The van der Waals surface area contributed by atoms with E-state index in [2.05, 4.69) is 41.4 Å². The predicted octanol–water partition coefficient (Wildman–Crippen LogP) is 4.41. The van der Waals surface area contributed by atoms with E-state index in [9.17, 15) is 0 Å². The second-order valence-corrected chi connectivity index (χ2v) is 6.46. The highest BCUT2D eigenvalue weighted by molar-refractivity contribution is 5.47. The molecule has 0 unspecified atom stereocenters. The molecule has 2 rings (SSSR count). The van der Waals surface area contributed by atoms with Crippen LogP contribution >= 0.6 is 0 Å². The number of anilines is 2. The van der Waals surface area contributed by atoms with Crippen molar-refractivity contribution in [3.05, 3.63) is 11.9 Å². The number of hydrogen-bond donors (Lipinski definition) is 2. The molecule has 0 saturated heterocycles. The van der Waals surface area contributed by atoms with Gasteiger partial charge >= 0.3 is 0 Å². The minimum atomic E-state index is 0.351. The van der Waals surface area contributed by atoms with Crippen molar-refractivity contribution in [3.8, 4) is 0 Å². The first-order chi connectivity index (χ1) is 10.2. The highest BCUT2D eigenvalue weighted by atomic mass is 15.1. The fourth-order valence-electron chi connectivity index (χ4n) is 2.80. The van der Waals surface area contributed by atoms with Crippen molar-refractivity contribution in [1.29, 1.82) is 0 Å². The second-order valence-electron chi connectivity index (χ2n) is 6.46. The summed E-state index contributed by atoms with van der Waals surface area (Å²) in [4.78, 5) is 9.27. The largest absolute Gasteiger partial charge is 0.370 e. The molecule has 0 atom stereocenters. The zero-order valence-electron chi connectivity index (χ0n) is 13.8. The lowest BCUT2D eigenvalue weighted by atomic mass is 9.89. The van der Waals surface area contributed by atoms with Crippen LogP contribution in [0.2, 0.25) is 0 Å². The van der Waals surface area contributed by atoms with E-state index >= 15 is 0 Å². The van der Waals surface area contributed by atoms with Crippen LogP contribution in [-0.4, -0.2) is 23.1 Å². The second kappa shape index (κ2) is 8.20. The third-order valence-electron chi connectivity index (χ3n) is 4.11. The lowest BCUT2D eigenvalue weighted by Gasteiger charge is -2.22. The summed E-state index contributed by atoms with van der Waals surface area (Å²) in [6.45, 7) is 8.45. The molecule has 0 bridgehead atoms. The van der Waals surface area contributed by atoms with Crippen LogP contribution in [0.4, 0.5) is 11.6 Å². The molecule has 4 nitrogen and oxygen atoms in total. The standard InChI is InChI=1S/C17H30N4/c1-4-10-18-15-11-16(21-17(20-15)13(2)3)19-12-14-8-6-5-7-9-14/h11,13-14H,4-10,12H2,1-3H3,(H2,18,19,20,21). The maximum Gasteiger partial charge on any atom is 0.135 e. The van der Waals surface area contributed by atoms with E-state index in [-0.39, 0.29) is 0 Å². The minimum Gasteiger partial charge on any atom is -0.370 e. The van der Waals surface area contributed by atoms with Gasteiger partial charge in [0.15, 0.2) is 0 Å². The predicted molar refractivity (Wildman–Crippen MR) is 90.0 cm³/mol. The van der Waals surface area contributed by atoms with E-state index in [0.29, 0.717) is 5.92 Å². The molecular formula is C17H30N4. The molecule has 1 aromatic rings. The number of aromatic nitrogens is 2. The van der Waals surface area contributed by atoms with E-state index < -0.39 is 0 Å². The first kappa shape index (κ1) is 16.1. The average molecular weight is 290 g/mol. The first-order valence-corrected chi connectivity index (χ1v) is 8.55. The molecular weight excluding hydrogens is 260 g/mol. The lowest BCUT2D eigenvalue weighted by molar-refractivity contribution is 0.373. The molecule has 1 fully saturated rings. The van der Waals surface area contributed by atoms with Crippen LogP contribution in [0.3, 0.4) is 0 Å². The molecule has 0 spiro atoms. The van der Waals surface area contributed by atoms with Crippen molar-refractivity contribution in [1.82, 2.24) is 9.97 Å². The molecule has 1 aromatic heterocycles. The van der Waals surface area contributed by atoms with Crippen LogP contribution in [0.25, 0.3) is 0 Å². The highest BCUT2D eigenvalue weighted by Crippen LogP contribution is 2.24. The van der Waals surface area contributed by atoms with E-state index in [1.54, 1.807) is 0 Å². The Hall–Kier alpha value is -1.32. The summed E-state index contributed by atoms with van der Waals surface area (Å²) in [7, 11) is 0. The number of nitrogens with zero attached hydrogens (tertiary/aromatic N) is 2. The fourth-order valence-corrected chi connectivity index (χ4v) is 2.80. The van der Waals surface area contributed by atoms with Gasteiger partial charge in [-0.05, 0) is 25.2 Å². The summed E-state index contributed by atoms with van der Waals surface area (Å²) in [5.74, 6) is 3.99. The molecule has 1 heterocycles. The van der Waals surface area contributed by atoms with Gasteiger partial charge in [-0.3, -0.25) is 0 Å². The van der Waals surface area contributed by atoms with Crippen molar-refractivity contribution in [2.75, 3.05) is 23.7 Å². The number of hydrogen-bond acceptors (Lipinski definition) is 4. The number of nitrogens with one attached hydrogen (secondary N) is 2. The molecule has 4 heteroatoms. The van der Waals surface area contributed by atoms with Crippen molar-refractivity contribution in [2.24, 2.45) is 5.92 Å². The Morgan fingerprint density at radius 3 is 2.38 bits per heavy atom. The summed E-state index contributed by atoms with van der Waals surface area (Å²) >= 11 is 0. The quantitative estimate of drug-likeness (QED) is 0.780. The van der Waals surface area contributed by atoms with Gasteiger partial charge in [0.25, 0.3) is 0 Å². The Morgan fingerprint density at radius 1 is 1.10 bits per heavy atom. The molecule has 118 valence electrons. The Morgan fingerprint density at radius 2 is 1.76 bits per heavy atom. The zero-order chi connectivity index (χ0) is 15.1. The van der Waals surface area contributed by atoms with Crippen molar-refractivity contribution >= 4 is 11.6 Å². The minimum absolute atomic E-state index is 0.351. The molecule has 21 heavy (non-hydrogen) atoms. The van der Waals surface area contributed by atoms with Crippen LogP contribution < -0.4 is 10.6 Å². The van der Waals surface area contributed by atoms with Crippen LogP contribution in [0, 0.1) is 5.92 Å². The van der Waals surface area contributed by atoms with Gasteiger partial charge in [-0.25, -0.2) is 9.97 Å². The molecule has 0 aromatic carbocycles. The fraction of sp³-hybridized carbons (Fsp3) is 0.765. The topological polar surface area (TPSA) is 49.8 Å². The van der Waals surface area contributed by atoms with Crippen molar-refractivity contribution < 1.29 is 0 Å². The smallest absolute Gasteiger partial charge is 0.135 e. The SMILES string of the molecule is CCCNc1cc(NCC2CCCCC2)nc(C(C)C)n1. The average Bonchev–Trinajstić information content (AvgIpc) is 2.51. The molecule has 2 N–H and O–H groups in total. The van der Waals surface area contributed by atoms with Gasteiger partial charge < -0.3 is 10.6 Å². The summed E-state index contributed by atoms with van der Waals surface area (Å²) < 4.78 is 0. The summed E-state index contributed by atoms with van der Waals surface area (Å²) in [6, 6.07) is 2.05. The van der Waals surface area contributed by atoms with Crippen molar-refractivity contribution in [2.45, 2.75) is 65.2 Å². The van der Waals surface area contributed by atoms with Gasteiger partial charge in [0.1, 0.15) is 17.5 Å².